The van der Waals surface area contributed by atoms with E-state index in [0.29, 0.717) is 22.7 Å². The molecule has 2 heterocycles. The quantitative estimate of drug-likeness (QED) is 0.804. The van der Waals surface area contributed by atoms with Crippen LogP contribution >= 0.6 is 12.2 Å². The van der Waals surface area contributed by atoms with Crippen molar-refractivity contribution in [1.29, 1.82) is 0 Å². The topological polar surface area (TPSA) is 80.5 Å². The Kier molecular flexibility index (Phi) is 3.23. The maximum absolute atomic E-state index is 5.57. The first-order chi connectivity index (χ1) is 11.7. The summed E-state index contributed by atoms with van der Waals surface area (Å²) in [6.07, 6.45) is 8.53. The van der Waals surface area contributed by atoms with Gasteiger partial charge in [0.25, 0.3) is 0 Å². The molecular formula is C16H21N7S. The van der Waals surface area contributed by atoms with Crippen molar-refractivity contribution in [2.45, 2.75) is 45.1 Å². The molecule has 0 radical (unpaired) electrons. The van der Waals surface area contributed by atoms with Crippen molar-refractivity contribution in [2.24, 2.45) is 23.7 Å². The molecule has 6 rings (SSSR count). The van der Waals surface area contributed by atoms with Gasteiger partial charge in [0.15, 0.2) is 10.8 Å². The lowest BCUT2D eigenvalue weighted by Crippen LogP contribution is -2.57. The average Bonchev–Trinajstić information content (AvgIpc) is 2.93. The molecule has 0 spiro atoms. The van der Waals surface area contributed by atoms with E-state index < -0.39 is 0 Å². The van der Waals surface area contributed by atoms with Crippen LogP contribution in [-0.2, 0) is 0 Å². The Hall–Kier alpha value is -1.83. The van der Waals surface area contributed by atoms with Crippen molar-refractivity contribution in [3.8, 4) is 11.5 Å². The van der Waals surface area contributed by atoms with Gasteiger partial charge in [-0.2, -0.15) is 5.10 Å². The molecular weight excluding hydrogens is 322 g/mol. The summed E-state index contributed by atoms with van der Waals surface area (Å²) in [5.41, 5.74) is 4.66. The molecule has 4 saturated carbocycles. The fraction of sp³-hybridized carbons (Fsp3) is 0.688. The minimum Gasteiger partial charge on any atom is -0.358 e. The molecule has 4 fully saturated rings. The van der Waals surface area contributed by atoms with E-state index >= 15 is 0 Å². The number of nitrogens with one attached hydrogen (secondary N) is 2. The van der Waals surface area contributed by atoms with Crippen LogP contribution < -0.4 is 10.7 Å². The standard InChI is InChI=1S/C16H21N7S/c1-8-13-15(21-19-8)23(7-17-20-13)22-16(24)18-14-11-3-9-2-10(5-11)6-12(14)4-9/h7,9-12,14H,2-6H2,1H3,(H2,18,22,24). The second kappa shape index (κ2) is 5.34. The van der Waals surface area contributed by atoms with Gasteiger partial charge in [-0.3, -0.25) is 5.43 Å². The summed E-state index contributed by atoms with van der Waals surface area (Å²) in [5.74, 6) is 4.14. The highest BCUT2D eigenvalue weighted by Gasteiger charge is 2.48. The molecule has 0 atom stereocenters. The molecule has 0 aromatic heterocycles. The molecule has 24 heavy (non-hydrogen) atoms. The Morgan fingerprint density at radius 2 is 1.79 bits per heavy atom. The van der Waals surface area contributed by atoms with E-state index in [2.05, 4.69) is 31.1 Å². The van der Waals surface area contributed by atoms with Crippen LogP contribution in [-0.4, -0.2) is 36.2 Å². The smallest absolute Gasteiger partial charge is 0.205 e. The van der Waals surface area contributed by atoms with Crippen LogP contribution in [0.15, 0.2) is 6.33 Å². The van der Waals surface area contributed by atoms with Crippen molar-refractivity contribution in [3.63, 3.8) is 0 Å². The average molecular weight is 343 g/mol. The molecule has 4 bridgehead atoms. The zero-order chi connectivity index (χ0) is 16.3. The van der Waals surface area contributed by atoms with E-state index in [1.54, 1.807) is 11.0 Å². The van der Waals surface area contributed by atoms with E-state index in [1.165, 1.54) is 32.1 Å². The molecule has 2 N–H and O–H groups in total. The van der Waals surface area contributed by atoms with E-state index in [9.17, 15) is 0 Å². The third-order valence-corrected chi connectivity index (χ3v) is 6.36. The molecule has 0 amide bonds. The summed E-state index contributed by atoms with van der Waals surface area (Å²) in [6.45, 7) is 1.87. The highest BCUT2D eigenvalue weighted by atomic mass is 32.1. The molecule has 4 aliphatic carbocycles. The number of fused-ring (bicyclic) bond motifs is 1. The normalized spacial score (nSPS) is 33.8. The van der Waals surface area contributed by atoms with E-state index in [4.69, 9.17) is 12.2 Å². The monoisotopic (exact) mass is 343 g/mol. The van der Waals surface area contributed by atoms with Crippen LogP contribution in [0.2, 0.25) is 0 Å². The number of aryl methyl sites for hydroxylation is 1. The number of hydrogen-bond donors (Lipinski definition) is 2. The largest absolute Gasteiger partial charge is 0.358 e. The molecule has 0 aromatic carbocycles. The molecule has 0 saturated heterocycles. The summed E-state index contributed by atoms with van der Waals surface area (Å²) in [6, 6.07) is 0.510. The summed E-state index contributed by atoms with van der Waals surface area (Å²) < 4.78 is 1.70. The molecule has 126 valence electrons. The van der Waals surface area contributed by atoms with E-state index in [1.807, 2.05) is 6.92 Å². The highest BCUT2D eigenvalue weighted by Crippen LogP contribution is 2.53. The SMILES string of the molecule is Cc1nnc2n(NC(=S)NC3C4CC5CC(C4)CC3C5)cnnc1-2. The summed E-state index contributed by atoms with van der Waals surface area (Å²) in [4.78, 5) is 0. The second-order valence-electron chi connectivity index (χ2n) is 7.70. The maximum Gasteiger partial charge on any atom is 0.205 e. The predicted molar refractivity (Wildman–Crippen MR) is 92.9 cm³/mol. The molecule has 7 nitrogen and oxygen atoms in total. The number of aromatic nitrogens is 5. The van der Waals surface area contributed by atoms with Crippen molar-refractivity contribution in [1.82, 2.24) is 30.4 Å². The summed E-state index contributed by atoms with van der Waals surface area (Å²) >= 11 is 5.57. The third kappa shape index (κ3) is 2.27. The van der Waals surface area contributed by atoms with Crippen LogP contribution in [0.5, 0.6) is 0 Å². The van der Waals surface area contributed by atoms with Gasteiger partial charge in [0.1, 0.15) is 6.33 Å². The molecule has 8 heteroatoms. The van der Waals surface area contributed by atoms with Gasteiger partial charge in [-0.05, 0) is 74.9 Å². The van der Waals surface area contributed by atoms with Crippen molar-refractivity contribution in [3.05, 3.63) is 12.0 Å². The van der Waals surface area contributed by atoms with Crippen LogP contribution in [0, 0.1) is 30.6 Å². The first-order valence-electron chi connectivity index (χ1n) is 8.78. The van der Waals surface area contributed by atoms with Crippen LogP contribution in [0.3, 0.4) is 0 Å². The van der Waals surface area contributed by atoms with E-state index in [0.717, 1.165) is 29.4 Å². The lowest BCUT2D eigenvalue weighted by Gasteiger charge is -2.54. The Morgan fingerprint density at radius 1 is 1.08 bits per heavy atom. The lowest BCUT2D eigenvalue weighted by atomic mass is 9.54. The third-order valence-electron chi connectivity index (χ3n) is 6.15. The predicted octanol–water partition coefficient (Wildman–Crippen LogP) is 1.72. The first kappa shape index (κ1) is 14.5. The van der Waals surface area contributed by atoms with Gasteiger partial charge < -0.3 is 5.32 Å². The number of rotatable bonds is 2. The van der Waals surface area contributed by atoms with Crippen molar-refractivity contribution < 1.29 is 0 Å². The van der Waals surface area contributed by atoms with Crippen LogP contribution in [0.1, 0.15) is 37.8 Å². The van der Waals surface area contributed by atoms with E-state index in [-0.39, 0.29) is 0 Å². The Balaban J connectivity index is 1.30. The second-order valence-corrected chi connectivity index (χ2v) is 8.11. The maximum atomic E-state index is 5.57. The zero-order valence-electron chi connectivity index (χ0n) is 13.6. The molecule has 0 aromatic rings. The first-order valence-corrected chi connectivity index (χ1v) is 9.18. The Labute approximate surface area is 145 Å². The molecule has 6 aliphatic rings. The minimum absolute atomic E-state index is 0.510. The number of thiocarbonyl (C=S) groups is 1. The van der Waals surface area contributed by atoms with Crippen molar-refractivity contribution in [2.75, 3.05) is 5.43 Å². The molecule has 2 aliphatic heterocycles. The van der Waals surface area contributed by atoms with Crippen LogP contribution in [0.4, 0.5) is 0 Å². The van der Waals surface area contributed by atoms with Gasteiger partial charge in [0.05, 0.1) is 5.69 Å². The van der Waals surface area contributed by atoms with Gasteiger partial charge >= 0.3 is 0 Å². The fourth-order valence-corrected chi connectivity index (χ4v) is 5.62. The minimum atomic E-state index is 0.510. The van der Waals surface area contributed by atoms with Gasteiger partial charge in [-0.1, -0.05) is 0 Å². The van der Waals surface area contributed by atoms with Gasteiger partial charge in [-0.15, -0.1) is 15.3 Å². The summed E-state index contributed by atoms with van der Waals surface area (Å²) in [5, 5.41) is 20.5. The molecule has 0 unspecified atom stereocenters. The van der Waals surface area contributed by atoms with Gasteiger partial charge in [-0.25, -0.2) is 4.68 Å². The van der Waals surface area contributed by atoms with Gasteiger partial charge in [0.2, 0.25) is 5.82 Å². The van der Waals surface area contributed by atoms with Gasteiger partial charge in [0, 0.05) is 6.04 Å². The van der Waals surface area contributed by atoms with Crippen molar-refractivity contribution >= 4 is 17.3 Å². The Bertz CT molecular complexity index is 729. The zero-order valence-corrected chi connectivity index (χ0v) is 14.5. The lowest BCUT2D eigenvalue weighted by molar-refractivity contribution is -0.00670. The summed E-state index contributed by atoms with van der Waals surface area (Å²) in [7, 11) is 0. The fourth-order valence-electron chi connectivity index (χ4n) is 5.38. The Morgan fingerprint density at radius 3 is 2.50 bits per heavy atom. The highest BCUT2D eigenvalue weighted by molar-refractivity contribution is 7.80. The number of hydrogen-bond acceptors (Lipinski definition) is 5. The van der Waals surface area contributed by atoms with Crippen LogP contribution in [0.25, 0.3) is 11.5 Å². The number of nitrogens with zero attached hydrogens (tertiary/aromatic N) is 5.